The van der Waals surface area contributed by atoms with Crippen LogP contribution in [0.3, 0.4) is 0 Å². The van der Waals surface area contributed by atoms with Crippen LogP contribution in [0.15, 0.2) is 28.7 Å². The third-order valence-electron chi connectivity index (χ3n) is 1.50. The molecule has 4 heteroatoms. The Labute approximate surface area is 67.6 Å². The lowest BCUT2D eigenvalue weighted by molar-refractivity contribution is -0.401. The molecule has 1 aromatic heterocycles. The average Bonchev–Trinajstić information content (AvgIpc) is 2.46. The zero-order valence-electron chi connectivity index (χ0n) is 5.98. The highest BCUT2D eigenvalue weighted by molar-refractivity contribution is 5.78. The van der Waals surface area contributed by atoms with Crippen LogP contribution in [-0.4, -0.2) is 4.92 Å². The molecule has 0 aliphatic rings. The van der Waals surface area contributed by atoms with Gasteiger partial charge >= 0.3 is 5.88 Å². The van der Waals surface area contributed by atoms with E-state index in [2.05, 4.69) is 6.07 Å². The Morgan fingerprint density at radius 3 is 2.83 bits per heavy atom. The van der Waals surface area contributed by atoms with Crippen LogP contribution in [-0.2, 0) is 0 Å². The van der Waals surface area contributed by atoms with Gasteiger partial charge in [0, 0.05) is 5.39 Å². The third kappa shape index (κ3) is 0.934. The molecule has 2 rings (SSSR count). The van der Waals surface area contributed by atoms with Crippen LogP contribution in [0.2, 0.25) is 0 Å². The first-order valence-electron chi connectivity index (χ1n) is 3.32. The van der Waals surface area contributed by atoms with Crippen molar-refractivity contribution in [2.45, 2.75) is 0 Å². The second-order valence-electron chi connectivity index (χ2n) is 2.29. The van der Waals surface area contributed by atoms with Crippen molar-refractivity contribution in [3.8, 4) is 0 Å². The maximum atomic E-state index is 10.3. The smallest absolute Gasteiger partial charge is 0.400 e. The van der Waals surface area contributed by atoms with Gasteiger partial charge in [0.2, 0.25) is 0 Å². The fourth-order valence-electron chi connectivity index (χ4n) is 0.987. The summed E-state index contributed by atoms with van der Waals surface area (Å²) in [6.45, 7) is 0. The SMILES string of the molecule is O=[N+]([O-])c1[c]c2ccccc2o1. The lowest BCUT2D eigenvalue weighted by Gasteiger charge is -1.81. The summed E-state index contributed by atoms with van der Waals surface area (Å²) in [5, 5.41) is 10.9. The number of hydrogen-bond acceptors (Lipinski definition) is 3. The summed E-state index contributed by atoms with van der Waals surface area (Å²) >= 11 is 0. The standard InChI is InChI=1S/C8H4NO3/c10-9(11)8-5-6-3-1-2-4-7(6)12-8/h1-4H. The fourth-order valence-corrected chi connectivity index (χ4v) is 0.987. The Kier molecular flexibility index (Phi) is 1.33. The van der Waals surface area contributed by atoms with Gasteiger partial charge in [0.15, 0.2) is 0 Å². The molecule has 0 aliphatic carbocycles. The first-order valence-corrected chi connectivity index (χ1v) is 3.32. The van der Waals surface area contributed by atoms with Crippen molar-refractivity contribution in [1.29, 1.82) is 0 Å². The van der Waals surface area contributed by atoms with E-state index in [9.17, 15) is 10.1 Å². The quantitative estimate of drug-likeness (QED) is 0.476. The van der Waals surface area contributed by atoms with Gasteiger partial charge in [-0.15, -0.1) is 0 Å². The monoisotopic (exact) mass is 162 g/mol. The van der Waals surface area contributed by atoms with Crippen molar-refractivity contribution in [3.05, 3.63) is 40.4 Å². The molecule has 0 aliphatic heterocycles. The van der Waals surface area contributed by atoms with E-state index in [1.54, 1.807) is 24.3 Å². The van der Waals surface area contributed by atoms with Crippen molar-refractivity contribution in [3.63, 3.8) is 0 Å². The minimum atomic E-state index is -0.597. The molecule has 0 amide bonds. The fraction of sp³-hybridized carbons (Fsp3) is 0. The van der Waals surface area contributed by atoms with Crippen LogP contribution < -0.4 is 0 Å². The Balaban J connectivity index is 2.70. The maximum Gasteiger partial charge on any atom is 0.442 e. The lowest BCUT2D eigenvalue weighted by atomic mass is 10.3. The first-order chi connectivity index (χ1) is 5.77. The summed E-state index contributed by atoms with van der Waals surface area (Å²) in [4.78, 5) is 9.65. The van der Waals surface area contributed by atoms with E-state index in [4.69, 9.17) is 4.42 Å². The van der Waals surface area contributed by atoms with Gasteiger partial charge < -0.3 is 4.42 Å². The van der Waals surface area contributed by atoms with Gasteiger partial charge in [-0.1, -0.05) is 18.2 Å². The van der Waals surface area contributed by atoms with Crippen LogP contribution in [0.1, 0.15) is 0 Å². The molecule has 0 N–H and O–H groups in total. The number of hydrogen-bond donors (Lipinski definition) is 0. The molecule has 0 spiro atoms. The Hall–Kier alpha value is -1.84. The summed E-state index contributed by atoms with van der Waals surface area (Å²) < 4.78 is 4.87. The van der Waals surface area contributed by atoms with Crippen molar-refractivity contribution in [2.24, 2.45) is 0 Å². The molecule has 1 aromatic carbocycles. The molecule has 0 atom stereocenters. The van der Waals surface area contributed by atoms with Crippen LogP contribution in [0.5, 0.6) is 0 Å². The Bertz CT molecular complexity index is 400. The van der Waals surface area contributed by atoms with Crippen LogP contribution >= 0.6 is 0 Å². The van der Waals surface area contributed by atoms with Gasteiger partial charge in [0.25, 0.3) is 0 Å². The molecular formula is C8H4NO3. The van der Waals surface area contributed by atoms with Gasteiger partial charge in [-0.05, 0) is 6.07 Å². The van der Waals surface area contributed by atoms with E-state index in [1.807, 2.05) is 0 Å². The minimum absolute atomic E-state index is 0.337. The predicted molar refractivity (Wildman–Crippen MR) is 41.7 cm³/mol. The van der Waals surface area contributed by atoms with Gasteiger partial charge in [-0.25, -0.2) is 0 Å². The molecule has 4 nitrogen and oxygen atoms in total. The highest BCUT2D eigenvalue weighted by Crippen LogP contribution is 2.22. The number of rotatable bonds is 1. The summed E-state index contributed by atoms with van der Waals surface area (Å²) in [6, 6.07) is 9.44. The predicted octanol–water partition coefficient (Wildman–Crippen LogP) is 2.14. The summed E-state index contributed by atoms with van der Waals surface area (Å²) in [7, 11) is 0. The van der Waals surface area contributed by atoms with Crippen LogP contribution in [0.4, 0.5) is 5.88 Å². The van der Waals surface area contributed by atoms with E-state index < -0.39 is 4.92 Å². The second kappa shape index (κ2) is 2.34. The molecule has 12 heavy (non-hydrogen) atoms. The van der Waals surface area contributed by atoms with E-state index in [-0.39, 0.29) is 5.88 Å². The molecule has 1 radical (unpaired) electrons. The van der Waals surface area contributed by atoms with Crippen molar-refractivity contribution in [1.82, 2.24) is 0 Å². The van der Waals surface area contributed by atoms with Gasteiger partial charge in [0.1, 0.15) is 16.6 Å². The number of benzene rings is 1. The summed E-state index contributed by atoms with van der Waals surface area (Å²) in [5.41, 5.74) is 0.490. The number of furan rings is 1. The van der Waals surface area contributed by atoms with Crippen molar-refractivity contribution in [2.75, 3.05) is 0 Å². The summed E-state index contributed by atoms with van der Waals surface area (Å²) in [5.74, 6) is -0.337. The normalized spacial score (nSPS) is 10.3. The van der Waals surface area contributed by atoms with Crippen LogP contribution in [0.25, 0.3) is 11.0 Å². The molecule has 0 fully saturated rings. The minimum Gasteiger partial charge on any atom is -0.400 e. The molecule has 2 aromatic rings. The van der Waals surface area contributed by atoms with Crippen molar-refractivity contribution < 1.29 is 9.34 Å². The molecule has 0 saturated carbocycles. The van der Waals surface area contributed by atoms with Gasteiger partial charge in [0.05, 0.1) is 0 Å². The molecule has 0 saturated heterocycles. The molecule has 1 heterocycles. The molecular weight excluding hydrogens is 158 g/mol. The number of fused-ring (bicyclic) bond motifs is 1. The largest absolute Gasteiger partial charge is 0.442 e. The van der Waals surface area contributed by atoms with Gasteiger partial charge in [-0.3, -0.25) is 10.1 Å². The zero-order valence-corrected chi connectivity index (χ0v) is 5.98. The Morgan fingerprint density at radius 1 is 1.42 bits per heavy atom. The second-order valence-corrected chi connectivity index (χ2v) is 2.29. The molecule has 0 bridgehead atoms. The first kappa shape index (κ1) is 6.84. The van der Waals surface area contributed by atoms with E-state index in [0.717, 1.165) is 0 Å². The third-order valence-corrected chi connectivity index (χ3v) is 1.50. The molecule has 59 valence electrons. The van der Waals surface area contributed by atoms with Gasteiger partial charge in [-0.2, -0.15) is 0 Å². The van der Waals surface area contributed by atoms with E-state index in [1.165, 1.54) is 0 Å². The van der Waals surface area contributed by atoms with Crippen molar-refractivity contribution >= 4 is 16.9 Å². The lowest BCUT2D eigenvalue weighted by Crippen LogP contribution is -1.82. The number of nitro groups is 1. The Morgan fingerprint density at radius 2 is 2.17 bits per heavy atom. The highest BCUT2D eigenvalue weighted by Gasteiger charge is 2.12. The zero-order chi connectivity index (χ0) is 8.55. The molecule has 0 unspecified atom stereocenters. The van der Waals surface area contributed by atoms with E-state index >= 15 is 0 Å². The van der Waals surface area contributed by atoms with E-state index in [0.29, 0.717) is 11.0 Å². The number of nitrogens with zero attached hydrogens (tertiary/aromatic N) is 1. The average molecular weight is 162 g/mol. The summed E-state index contributed by atoms with van der Waals surface area (Å²) in [6.07, 6.45) is 0. The topological polar surface area (TPSA) is 56.3 Å². The maximum absolute atomic E-state index is 10.3. The number of para-hydroxylation sites is 1. The highest BCUT2D eigenvalue weighted by atomic mass is 16.6. The van der Waals surface area contributed by atoms with Crippen LogP contribution in [0, 0.1) is 16.2 Å².